The zero-order valence-corrected chi connectivity index (χ0v) is 15.3. The third kappa shape index (κ3) is 2.94. The van der Waals surface area contributed by atoms with Crippen molar-refractivity contribution < 1.29 is 4.79 Å². The number of hydrogen-bond donors (Lipinski definition) is 1. The van der Waals surface area contributed by atoms with Gasteiger partial charge in [0.2, 0.25) is 0 Å². The Morgan fingerprint density at radius 1 is 1.07 bits per heavy atom. The number of hydrogen-bond acceptors (Lipinski definition) is 4. The van der Waals surface area contributed by atoms with Crippen LogP contribution >= 0.6 is 0 Å². The summed E-state index contributed by atoms with van der Waals surface area (Å²) >= 11 is 0. The molecule has 7 heteroatoms. The molecule has 4 aromatic rings. The third-order valence-corrected chi connectivity index (χ3v) is 5.44. The largest absolute Gasteiger partial charge is 0.346 e. The van der Waals surface area contributed by atoms with Crippen LogP contribution in [0.5, 0.6) is 0 Å². The molecule has 0 aromatic carbocycles. The van der Waals surface area contributed by atoms with Crippen LogP contribution in [0.25, 0.3) is 16.7 Å². The van der Waals surface area contributed by atoms with Crippen molar-refractivity contribution in [1.29, 1.82) is 0 Å². The molecule has 0 aliphatic carbocycles. The Bertz CT molecular complexity index is 1110. The second-order valence-electron chi connectivity index (χ2n) is 7.06. The van der Waals surface area contributed by atoms with Crippen LogP contribution in [0, 0.1) is 0 Å². The van der Waals surface area contributed by atoms with Crippen molar-refractivity contribution in [3.8, 4) is 5.69 Å². The fraction of sp³-hybridized carbons (Fsp3) is 0.238. The highest BCUT2D eigenvalue weighted by atomic mass is 16.2. The minimum Gasteiger partial charge on any atom is -0.346 e. The average molecular weight is 372 g/mol. The van der Waals surface area contributed by atoms with Crippen LogP contribution in [0.2, 0.25) is 0 Å². The van der Waals surface area contributed by atoms with Gasteiger partial charge in [0.25, 0.3) is 5.91 Å². The first-order chi connectivity index (χ1) is 13.8. The normalized spacial score (nSPS) is 15.2. The number of likely N-dealkylation sites (tertiary alicyclic amines) is 1. The van der Waals surface area contributed by atoms with Gasteiger partial charge in [0, 0.05) is 49.5 Å². The van der Waals surface area contributed by atoms with Gasteiger partial charge in [-0.15, -0.1) is 0 Å². The number of aromatic amines is 1. The fourth-order valence-electron chi connectivity index (χ4n) is 3.95. The molecule has 140 valence electrons. The van der Waals surface area contributed by atoms with Crippen molar-refractivity contribution in [2.24, 2.45) is 0 Å². The Kier molecular flexibility index (Phi) is 4.12. The molecule has 5 heterocycles. The van der Waals surface area contributed by atoms with Gasteiger partial charge in [0.1, 0.15) is 5.65 Å². The number of piperidine rings is 1. The minimum absolute atomic E-state index is 0.00755. The fourth-order valence-corrected chi connectivity index (χ4v) is 3.95. The van der Waals surface area contributed by atoms with Crippen LogP contribution in [0.15, 0.2) is 61.3 Å². The SMILES string of the molecule is O=C(c1ccn(-c2ccncc2)n1)N1CCC(c2c[nH]c3ncccc23)CC1. The molecule has 28 heavy (non-hydrogen) atoms. The van der Waals surface area contributed by atoms with Gasteiger partial charge in [-0.2, -0.15) is 5.10 Å². The lowest BCUT2D eigenvalue weighted by molar-refractivity contribution is 0.0707. The van der Waals surface area contributed by atoms with Gasteiger partial charge in [-0.3, -0.25) is 9.78 Å². The number of amides is 1. The van der Waals surface area contributed by atoms with Crippen LogP contribution in [0.4, 0.5) is 0 Å². The number of aromatic nitrogens is 5. The second-order valence-corrected chi connectivity index (χ2v) is 7.06. The van der Waals surface area contributed by atoms with E-state index >= 15 is 0 Å². The minimum atomic E-state index is -0.00755. The summed E-state index contributed by atoms with van der Waals surface area (Å²) in [7, 11) is 0. The Hall–Kier alpha value is -3.48. The van der Waals surface area contributed by atoms with E-state index in [0.29, 0.717) is 11.6 Å². The van der Waals surface area contributed by atoms with Crippen molar-refractivity contribution in [3.63, 3.8) is 0 Å². The highest BCUT2D eigenvalue weighted by Crippen LogP contribution is 2.32. The van der Waals surface area contributed by atoms with Crippen LogP contribution in [0.1, 0.15) is 34.8 Å². The maximum atomic E-state index is 12.9. The molecule has 1 saturated heterocycles. The molecule has 5 rings (SSSR count). The summed E-state index contributed by atoms with van der Waals surface area (Å²) in [5.41, 5.74) is 3.60. The number of rotatable bonds is 3. The summed E-state index contributed by atoms with van der Waals surface area (Å²) in [5.74, 6) is 0.434. The number of carbonyl (C=O) groups excluding carboxylic acids is 1. The highest BCUT2D eigenvalue weighted by molar-refractivity contribution is 5.92. The van der Waals surface area contributed by atoms with Gasteiger partial charge in [-0.1, -0.05) is 0 Å². The zero-order valence-electron chi connectivity index (χ0n) is 15.3. The van der Waals surface area contributed by atoms with E-state index in [0.717, 1.165) is 37.3 Å². The molecule has 0 unspecified atom stereocenters. The number of H-pyrrole nitrogens is 1. The van der Waals surface area contributed by atoms with E-state index in [-0.39, 0.29) is 5.91 Å². The van der Waals surface area contributed by atoms with Crippen molar-refractivity contribution in [2.45, 2.75) is 18.8 Å². The summed E-state index contributed by atoms with van der Waals surface area (Å²) in [5, 5.41) is 5.63. The number of pyridine rings is 2. The molecular formula is C21H20N6O. The summed E-state index contributed by atoms with van der Waals surface area (Å²) < 4.78 is 1.71. The van der Waals surface area contributed by atoms with Crippen molar-refractivity contribution >= 4 is 16.9 Å². The lowest BCUT2D eigenvalue weighted by Crippen LogP contribution is -2.38. The molecule has 0 atom stereocenters. The first-order valence-corrected chi connectivity index (χ1v) is 9.47. The second kappa shape index (κ2) is 6.92. The Labute approximate surface area is 162 Å². The summed E-state index contributed by atoms with van der Waals surface area (Å²) in [4.78, 5) is 26.4. The molecule has 1 amide bonds. The topological polar surface area (TPSA) is 79.7 Å². The maximum absolute atomic E-state index is 12.9. The van der Waals surface area contributed by atoms with E-state index < -0.39 is 0 Å². The first-order valence-electron chi connectivity index (χ1n) is 9.47. The van der Waals surface area contributed by atoms with Crippen LogP contribution in [-0.2, 0) is 0 Å². The summed E-state index contributed by atoms with van der Waals surface area (Å²) in [6.07, 6.45) is 11.0. The van der Waals surface area contributed by atoms with Crippen molar-refractivity contribution in [2.75, 3.05) is 13.1 Å². The Morgan fingerprint density at radius 2 is 1.89 bits per heavy atom. The number of carbonyl (C=O) groups is 1. The van der Waals surface area contributed by atoms with Crippen LogP contribution in [0.3, 0.4) is 0 Å². The molecule has 0 bridgehead atoms. The predicted molar refractivity (Wildman–Crippen MR) is 105 cm³/mol. The zero-order chi connectivity index (χ0) is 18.9. The molecule has 0 spiro atoms. The molecule has 4 aromatic heterocycles. The van der Waals surface area contributed by atoms with Gasteiger partial charge >= 0.3 is 0 Å². The van der Waals surface area contributed by atoms with Gasteiger partial charge in [-0.25, -0.2) is 9.67 Å². The number of nitrogens with zero attached hydrogens (tertiary/aromatic N) is 5. The number of nitrogens with one attached hydrogen (secondary N) is 1. The van der Waals surface area contributed by atoms with Crippen molar-refractivity contribution in [3.05, 3.63) is 72.6 Å². The first kappa shape index (κ1) is 16.7. The number of fused-ring (bicyclic) bond motifs is 1. The van der Waals surface area contributed by atoms with E-state index in [1.807, 2.05) is 29.3 Å². The lowest BCUT2D eigenvalue weighted by atomic mass is 9.89. The highest BCUT2D eigenvalue weighted by Gasteiger charge is 2.27. The molecule has 1 aliphatic heterocycles. The van der Waals surface area contributed by atoms with E-state index in [2.05, 4.69) is 32.3 Å². The smallest absolute Gasteiger partial charge is 0.274 e. The molecule has 0 saturated carbocycles. The average Bonchev–Trinajstić information content (AvgIpc) is 3.42. The molecule has 1 fully saturated rings. The molecule has 1 N–H and O–H groups in total. The Balaban J connectivity index is 1.28. The molecular weight excluding hydrogens is 352 g/mol. The van der Waals surface area contributed by atoms with Crippen LogP contribution < -0.4 is 0 Å². The van der Waals surface area contributed by atoms with Gasteiger partial charge < -0.3 is 9.88 Å². The van der Waals surface area contributed by atoms with Crippen LogP contribution in [-0.4, -0.2) is 48.6 Å². The molecule has 0 radical (unpaired) electrons. The van der Waals surface area contributed by atoms with Gasteiger partial charge in [0.05, 0.1) is 5.69 Å². The summed E-state index contributed by atoms with van der Waals surface area (Å²) in [6, 6.07) is 9.58. The maximum Gasteiger partial charge on any atom is 0.274 e. The Morgan fingerprint density at radius 3 is 2.71 bits per heavy atom. The van der Waals surface area contributed by atoms with Gasteiger partial charge in [0.15, 0.2) is 5.69 Å². The predicted octanol–water partition coefficient (Wildman–Crippen LogP) is 3.16. The van der Waals surface area contributed by atoms with E-state index in [1.54, 1.807) is 29.3 Å². The molecule has 1 aliphatic rings. The summed E-state index contributed by atoms with van der Waals surface area (Å²) in [6.45, 7) is 1.47. The quantitative estimate of drug-likeness (QED) is 0.599. The van der Waals surface area contributed by atoms with E-state index in [4.69, 9.17) is 0 Å². The van der Waals surface area contributed by atoms with Crippen molar-refractivity contribution in [1.82, 2.24) is 29.6 Å². The van der Waals surface area contributed by atoms with Gasteiger partial charge in [-0.05, 0) is 54.7 Å². The third-order valence-electron chi connectivity index (χ3n) is 5.44. The standard InChI is InChI=1S/C21H20N6O/c28-21(19-7-13-27(25-19)16-3-9-22-10-4-16)26-11-5-15(6-12-26)18-14-24-20-17(18)2-1-8-23-20/h1-4,7-10,13-15H,5-6,11-12H2,(H,23,24). The van der Waals surface area contributed by atoms with E-state index in [1.165, 1.54) is 10.9 Å². The lowest BCUT2D eigenvalue weighted by Gasteiger charge is -2.31. The monoisotopic (exact) mass is 372 g/mol. The molecule has 7 nitrogen and oxygen atoms in total. The van der Waals surface area contributed by atoms with E-state index in [9.17, 15) is 4.79 Å².